The Kier molecular flexibility index (Phi) is 6.05. The first-order chi connectivity index (χ1) is 17.4. The second-order valence-electron chi connectivity index (χ2n) is 7.47. The first-order valence-electron chi connectivity index (χ1n) is 10.6. The van der Waals surface area contributed by atoms with E-state index in [1.165, 1.54) is 30.6 Å². The third-order valence-corrected chi connectivity index (χ3v) is 6.45. The van der Waals surface area contributed by atoms with Crippen LogP contribution in [0.25, 0.3) is 17.4 Å². The maximum absolute atomic E-state index is 12.6. The number of cyclic esters (lactones) is 1. The number of hydrogen-bond donors (Lipinski definition) is 1. The number of carbonyl (C=O) groups is 1. The summed E-state index contributed by atoms with van der Waals surface area (Å²) in [6.45, 7) is 0. The number of methoxy groups -OCH3 is 1. The van der Waals surface area contributed by atoms with Crippen molar-refractivity contribution in [2.75, 3.05) is 11.8 Å². The second-order valence-corrected chi connectivity index (χ2v) is 9.15. The summed E-state index contributed by atoms with van der Waals surface area (Å²) in [7, 11) is -2.28. The fraction of sp³-hybridized carbons (Fsp3) is 0.0400. The number of aromatic nitrogens is 2. The van der Waals surface area contributed by atoms with Gasteiger partial charge in [0.05, 0.1) is 12.0 Å². The van der Waals surface area contributed by atoms with E-state index >= 15 is 0 Å². The molecule has 0 aliphatic carbocycles. The van der Waals surface area contributed by atoms with Crippen LogP contribution in [0.4, 0.5) is 5.95 Å². The predicted octanol–water partition coefficient (Wildman–Crippen LogP) is 3.89. The Bertz CT molecular complexity index is 1580. The lowest BCUT2D eigenvalue weighted by Crippen LogP contribution is -2.14. The van der Waals surface area contributed by atoms with Gasteiger partial charge in [-0.05, 0) is 66.7 Å². The van der Waals surface area contributed by atoms with E-state index in [0.29, 0.717) is 28.4 Å². The van der Waals surface area contributed by atoms with Crippen molar-refractivity contribution >= 4 is 33.9 Å². The van der Waals surface area contributed by atoms with Gasteiger partial charge in [-0.1, -0.05) is 0 Å². The van der Waals surface area contributed by atoms with Gasteiger partial charge in [0.2, 0.25) is 11.8 Å². The lowest BCUT2D eigenvalue weighted by Gasteiger charge is -2.06. The van der Waals surface area contributed by atoms with Gasteiger partial charge < -0.3 is 13.9 Å². The summed E-state index contributed by atoms with van der Waals surface area (Å²) in [6, 6.07) is 18.1. The normalized spacial score (nSPS) is 14.4. The molecule has 11 heteroatoms. The Morgan fingerprint density at radius 3 is 2.31 bits per heavy atom. The molecule has 10 nitrogen and oxygen atoms in total. The number of carbonyl (C=O) groups excluding carboxylic acids is 1. The molecule has 0 atom stereocenters. The van der Waals surface area contributed by atoms with Crippen molar-refractivity contribution < 1.29 is 27.1 Å². The Labute approximate surface area is 206 Å². The minimum absolute atomic E-state index is 0.0199. The van der Waals surface area contributed by atoms with E-state index in [4.69, 9.17) is 13.9 Å². The minimum atomic E-state index is -3.85. The van der Waals surface area contributed by atoms with Crippen molar-refractivity contribution in [1.29, 1.82) is 0 Å². The number of benzene rings is 2. The molecule has 3 heterocycles. The van der Waals surface area contributed by atoms with Gasteiger partial charge in [0.1, 0.15) is 17.3 Å². The smallest absolute Gasteiger partial charge is 0.363 e. The van der Waals surface area contributed by atoms with Gasteiger partial charge in [0, 0.05) is 29.6 Å². The quantitative estimate of drug-likeness (QED) is 0.297. The molecule has 4 aromatic rings. The average molecular weight is 503 g/mol. The Morgan fingerprint density at radius 2 is 1.61 bits per heavy atom. The fourth-order valence-electron chi connectivity index (χ4n) is 3.32. The number of furan rings is 1. The van der Waals surface area contributed by atoms with Gasteiger partial charge in [0.25, 0.3) is 10.0 Å². The van der Waals surface area contributed by atoms with Crippen LogP contribution in [0.2, 0.25) is 0 Å². The van der Waals surface area contributed by atoms with Crippen LogP contribution in [0.5, 0.6) is 5.75 Å². The van der Waals surface area contributed by atoms with Gasteiger partial charge in [-0.15, -0.1) is 0 Å². The lowest BCUT2D eigenvalue weighted by molar-refractivity contribution is -0.129. The number of nitrogens with one attached hydrogen (secondary N) is 1. The van der Waals surface area contributed by atoms with Crippen LogP contribution in [0.3, 0.4) is 0 Å². The van der Waals surface area contributed by atoms with Gasteiger partial charge >= 0.3 is 5.97 Å². The third kappa shape index (κ3) is 4.86. The fourth-order valence-corrected chi connectivity index (χ4v) is 4.27. The Morgan fingerprint density at radius 1 is 0.917 bits per heavy atom. The second kappa shape index (κ2) is 9.47. The van der Waals surface area contributed by atoms with E-state index in [9.17, 15) is 13.2 Å². The number of rotatable bonds is 7. The summed E-state index contributed by atoms with van der Waals surface area (Å²) >= 11 is 0. The highest BCUT2D eigenvalue weighted by Gasteiger charge is 2.25. The van der Waals surface area contributed by atoms with E-state index in [1.807, 2.05) is 0 Å². The highest BCUT2D eigenvalue weighted by atomic mass is 32.2. The molecule has 2 aromatic carbocycles. The molecule has 1 N–H and O–H groups in total. The zero-order chi connectivity index (χ0) is 25.1. The van der Waals surface area contributed by atoms with Crippen LogP contribution in [0, 0.1) is 0 Å². The van der Waals surface area contributed by atoms with Gasteiger partial charge in [0.15, 0.2) is 5.70 Å². The van der Waals surface area contributed by atoms with Crippen molar-refractivity contribution in [1.82, 2.24) is 9.97 Å². The summed E-state index contributed by atoms with van der Waals surface area (Å²) in [6.07, 6.45) is 4.35. The average Bonchev–Trinajstić information content (AvgIpc) is 3.51. The zero-order valence-electron chi connectivity index (χ0n) is 18.8. The molecule has 0 radical (unpaired) electrons. The highest BCUT2D eigenvalue weighted by Crippen LogP contribution is 2.27. The lowest BCUT2D eigenvalue weighted by atomic mass is 10.2. The van der Waals surface area contributed by atoms with E-state index in [-0.39, 0.29) is 22.4 Å². The SMILES string of the molecule is COc1ccc(C2=N/C(=C\c3ccc(-c4ccc(S(=O)(=O)Nc5ncccn5)cc4)o3)C(=O)O2)cc1. The summed E-state index contributed by atoms with van der Waals surface area (Å²) in [5.41, 5.74) is 1.37. The number of sulfonamides is 1. The molecule has 36 heavy (non-hydrogen) atoms. The number of nitrogens with zero attached hydrogens (tertiary/aromatic N) is 3. The molecule has 0 unspecified atom stereocenters. The molecular formula is C25H18N4O6S. The number of hydrogen-bond acceptors (Lipinski definition) is 9. The first-order valence-corrected chi connectivity index (χ1v) is 12.1. The Balaban J connectivity index is 1.32. The molecule has 1 aliphatic heterocycles. The van der Waals surface area contributed by atoms with Gasteiger partial charge in [-0.2, -0.15) is 0 Å². The van der Waals surface area contributed by atoms with E-state index < -0.39 is 16.0 Å². The molecule has 0 bridgehead atoms. The number of aliphatic imine (C=N–C) groups is 1. The zero-order valence-corrected chi connectivity index (χ0v) is 19.6. The molecule has 5 rings (SSSR count). The third-order valence-electron chi connectivity index (χ3n) is 5.10. The number of esters is 1. The summed E-state index contributed by atoms with van der Waals surface area (Å²) in [4.78, 5) is 24.3. The van der Waals surface area contributed by atoms with Gasteiger partial charge in [-0.3, -0.25) is 0 Å². The number of anilines is 1. The minimum Gasteiger partial charge on any atom is -0.497 e. The summed E-state index contributed by atoms with van der Waals surface area (Å²) in [5, 5.41) is 0. The predicted molar refractivity (Wildman–Crippen MR) is 131 cm³/mol. The van der Waals surface area contributed by atoms with E-state index in [2.05, 4.69) is 19.7 Å². The maximum Gasteiger partial charge on any atom is 0.363 e. The molecule has 180 valence electrons. The van der Waals surface area contributed by atoms with Gasteiger partial charge in [-0.25, -0.2) is 32.9 Å². The molecule has 0 saturated carbocycles. The molecule has 0 amide bonds. The monoisotopic (exact) mass is 502 g/mol. The molecule has 2 aromatic heterocycles. The maximum atomic E-state index is 12.6. The first kappa shape index (κ1) is 23.0. The van der Waals surface area contributed by atoms with Crippen LogP contribution < -0.4 is 9.46 Å². The van der Waals surface area contributed by atoms with Crippen LogP contribution in [0.1, 0.15) is 11.3 Å². The molecule has 1 aliphatic rings. The van der Waals surface area contributed by atoms with Crippen LogP contribution in [-0.2, 0) is 19.6 Å². The van der Waals surface area contributed by atoms with Crippen molar-refractivity contribution in [3.05, 3.63) is 96.1 Å². The topological polar surface area (TPSA) is 133 Å². The van der Waals surface area contributed by atoms with E-state index in [0.717, 1.165) is 0 Å². The van der Waals surface area contributed by atoms with E-state index in [1.54, 1.807) is 61.7 Å². The van der Waals surface area contributed by atoms with Crippen molar-refractivity contribution in [3.8, 4) is 17.1 Å². The van der Waals surface area contributed by atoms with Crippen molar-refractivity contribution in [3.63, 3.8) is 0 Å². The molecular weight excluding hydrogens is 484 g/mol. The summed E-state index contributed by atoms with van der Waals surface area (Å²) in [5.74, 6) is 1.12. The molecule has 0 spiro atoms. The standard InChI is InChI=1S/C25H18N4O6S/c1-33-18-7-3-17(4-8-18)23-28-21(24(30)35-23)15-19-9-12-22(34-19)16-5-10-20(11-6-16)36(31,32)29-25-26-13-2-14-27-25/h2-15H,1H3,(H,26,27,29)/b21-15-. The molecule has 0 saturated heterocycles. The van der Waals surface area contributed by atoms with Crippen molar-refractivity contribution in [2.45, 2.75) is 4.90 Å². The van der Waals surface area contributed by atoms with Crippen LogP contribution in [-0.4, -0.2) is 37.4 Å². The Hall–Kier alpha value is -4.77. The van der Waals surface area contributed by atoms with Crippen LogP contribution in [0.15, 0.2) is 99.1 Å². The number of ether oxygens (including phenoxy) is 2. The summed E-state index contributed by atoms with van der Waals surface area (Å²) < 4.78 is 43.6. The highest BCUT2D eigenvalue weighted by molar-refractivity contribution is 7.92. The van der Waals surface area contributed by atoms with Crippen LogP contribution >= 0.6 is 0 Å². The molecule has 0 fully saturated rings. The van der Waals surface area contributed by atoms with Crippen molar-refractivity contribution in [2.24, 2.45) is 4.99 Å². The largest absolute Gasteiger partial charge is 0.497 e.